The molecular formula is C19H24N4O3. The third kappa shape index (κ3) is 3.97. The SMILES string of the molecule is Cn1c(NCCOc2ccc(C(C)(C)C)cc2)c(C#N)c(=O)n(C)c1=O. The van der Waals surface area contributed by atoms with Crippen molar-refractivity contribution >= 4 is 5.82 Å². The Labute approximate surface area is 152 Å². The minimum atomic E-state index is -0.614. The maximum Gasteiger partial charge on any atom is 0.332 e. The van der Waals surface area contributed by atoms with Crippen LogP contribution in [0.2, 0.25) is 0 Å². The lowest BCUT2D eigenvalue weighted by atomic mass is 9.87. The average Bonchev–Trinajstić information content (AvgIpc) is 2.60. The lowest BCUT2D eigenvalue weighted by molar-refractivity contribution is 0.332. The van der Waals surface area contributed by atoms with Crippen LogP contribution in [0.1, 0.15) is 31.9 Å². The molecule has 1 N–H and O–H groups in total. The lowest BCUT2D eigenvalue weighted by Gasteiger charge is -2.19. The van der Waals surface area contributed by atoms with Crippen molar-refractivity contribution in [1.29, 1.82) is 5.26 Å². The van der Waals surface area contributed by atoms with E-state index >= 15 is 0 Å². The summed E-state index contributed by atoms with van der Waals surface area (Å²) >= 11 is 0. The number of anilines is 1. The smallest absolute Gasteiger partial charge is 0.332 e. The molecule has 138 valence electrons. The number of ether oxygens (including phenoxy) is 1. The van der Waals surface area contributed by atoms with Gasteiger partial charge in [-0.2, -0.15) is 5.26 Å². The van der Waals surface area contributed by atoms with Crippen molar-refractivity contribution < 1.29 is 4.74 Å². The van der Waals surface area contributed by atoms with Crippen LogP contribution in [-0.2, 0) is 19.5 Å². The molecule has 7 heteroatoms. The molecule has 0 saturated heterocycles. The van der Waals surface area contributed by atoms with Gasteiger partial charge in [-0.3, -0.25) is 13.9 Å². The van der Waals surface area contributed by atoms with Gasteiger partial charge in [-0.1, -0.05) is 32.9 Å². The zero-order valence-electron chi connectivity index (χ0n) is 15.8. The van der Waals surface area contributed by atoms with E-state index < -0.39 is 11.2 Å². The van der Waals surface area contributed by atoms with Gasteiger partial charge in [-0.05, 0) is 23.1 Å². The summed E-state index contributed by atoms with van der Waals surface area (Å²) in [7, 11) is 2.86. The minimum absolute atomic E-state index is 0.0814. The molecule has 0 aliphatic heterocycles. The number of hydrogen-bond donors (Lipinski definition) is 1. The van der Waals surface area contributed by atoms with Crippen molar-refractivity contribution in [3.05, 3.63) is 56.2 Å². The summed E-state index contributed by atoms with van der Waals surface area (Å²) in [6.07, 6.45) is 0. The normalized spacial score (nSPS) is 11.1. The first-order chi connectivity index (χ1) is 12.2. The summed E-state index contributed by atoms with van der Waals surface area (Å²) in [5.74, 6) is 0.936. The van der Waals surface area contributed by atoms with Gasteiger partial charge in [0.1, 0.15) is 24.2 Å². The number of rotatable bonds is 5. The zero-order valence-corrected chi connectivity index (χ0v) is 15.8. The summed E-state index contributed by atoms with van der Waals surface area (Å²) in [5.41, 5.74) is 0.103. The predicted octanol–water partition coefficient (Wildman–Crippen LogP) is 1.74. The van der Waals surface area contributed by atoms with Crippen molar-refractivity contribution in [3.63, 3.8) is 0 Å². The van der Waals surface area contributed by atoms with Crippen LogP contribution < -0.4 is 21.3 Å². The quantitative estimate of drug-likeness (QED) is 0.825. The molecule has 0 atom stereocenters. The molecule has 1 aromatic carbocycles. The summed E-state index contributed by atoms with van der Waals surface area (Å²) in [5, 5.41) is 12.2. The Morgan fingerprint density at radius 3 is 2.27 bits per heavy atom. The zero-order chi connectivity index (χ0) is 19.5. The molecule has 2 aromatic rings. The fourth-order valence-electron chi connectivity index (χ4n) is 2.54. The number of nitrogens with zero attached hydrogens (tertiary/aromatic N) is 3. The van der Waals surface area contributed by atoms with Crippen molar-refractivity contribution in [2.75, 3.05) is 18.5 Å². The highest BCUT2D eigenvalue weighted by molar-refractivity contribution is 5.51. The molecule has 0 aliphatic rings. The van der Waals surface area contributed by atoms with E-state index in [2.05, 4.69) is 26.1 Å². The van der Waals surface area contributed by atoms with E-state index in [1.54, 1.807) is 0 Å². The first-order valence-electron chi connectivity index (χ1n) is 8.34. The van der Waals surface area contributed by atoms with Gasteiger partial charge >= 0.3 is 5.69 Å². The van der Waals surface area contributed by atoms with Crippen molar-refractivity contribution in [2.45, 2.75) is 26.2 Å². The third-order valence-electron chi connectivity index (χ3n) is 4.16. The molecule has 0 aliphatic carbocycles. The number of aromatic nitrogens is 2. The lowest BCUT2D eigenvalue weighted by Crippen LogP contribution is -2.40. The summed E-state index contributed by atoms with van der Waals surface area (Å²) in [6, 6.07) is 9.74. The van der Waals surface area contributed by atoms with E-state index in [-0.39, 0.29) is 16.8 Å². The average molecular weight is 356 g/mol. The highest BCUT2D eigenvalue weighted by Crippen LogP contribution is 2.24. The Morgan fingerprint density at radius 2 is 1.73 bits per heavy atom. The summed E-state index contributed by atoms with van der Waals surface area (Å²) < 4.78 is 7.84. The second-order valence-corrected chi connectivity index (χ2v) is 7.09. The van der Waals surface area contributed by atoms with Crippen LogP contribution in [0.4, 0.5) is 5.82 Å². The monoisotopic (exact) mass is 356 g/mol. The van der Waals surface area contributed by atoms with Crippen LogP contribution in [0.15, 0.2) is 33.9 Å². The number of benzene rings is 1. The van der Waals surface area contributed by atoms with Crippen molar-refractivity contribution in [2.24, 2.45) is 14.1 Å². The van der Waals surface area contributed by atoms with Gasteiger partial charge in [0, 0.05) is 14.1 Å². The summed E-state index contributed by atoms with van der Waals surface area (Å²) in [4.78, 5) is 24.0. The fourth-order valence-corrected chi connectivity index (χ4v) is 2.54. The molecule has 0 amide bonds. The Bertz CT molecular complexity index is 941. The Morgan fingerprint density at radius 1 is 1.12 bits per heavy atom. The largest absolute Gasteiger partial charge is 0.492 e. The summed E-state index contributed by atoms with van der Waals surface area (Å²) in [6.45, 7) is 7.11. The van der Waals surface area contributed by atoms with Crippen LogP contribution in [-0.4, -0.2) is 22.3 Å². The topological polar surface area (TPSA) is 89.1 Å². The Hall–Kier alpha value is -3.01. The second kappa shape index (κ2) is 7.48. The molecule has 1 aromatic heterocycles. The molecule has 0 saturated carbocycles. The van der Waals surface area contributed by atoms with E-state index in [0.717, 1.165) is 10.3 Å². The molecule has 0 radical (unpaired) electrons. The van der Waals surface area contributed by atoms with Gasteiger partial charge in [-0.25, -0.2) is 4.79 Å². The number of nitriles is 1. The third-order valence-corrected chi connectivity index (χ3v) is 4.16. The predicted molar refractivity (Wildman–Crippen MR) is 101 cm³/mol. The van der Waals surface area contributed by atoms with E-state index in [1.165, 1.54) is 24.2 Å². The molecule has 1 heterocycles. The van der Waals surface area contributed by atoms with Crippen molar-refractivity contribution in [3.8, 4) is 11.8 Å². The maximum absolute atomic E-state index is 12.0. The van der Waals surface area contributed by atoms with Gasteiger partial charge in [0.15, 0.2) is 5.56 Å². The molecule has 2 rings (SSSR count). The fraction of sp³-hybridized carbons (Fsp3) is 0.421. The molecule has 7 nitrogen and oxygen atoms in total. The van der Waals surface area contributed by atoms with Gasteiger partial charge < -0.3 is 10.1 Å². The van der Waals surface area contributed by atoms with E-state index in [0.29, 0.717) is 13.2 Å². The van der Waals surface area contributed by atoms with Gasteiger partial charge in [0.05, 0.1) is 6.54 Å². The Balaban J connectivity index is 2.04. The van der Waals surface area contributed by atoms with Gasteiger partial charge in [-0.15, -0.1) is 0 Å². The Kier molecular flexibility index (Phi) is 5.56. The molecule has 0 fully saturated rings. The first kappa shape index (κ1) is 19.3. The highest BCUT2D eigenvalue weighted by atomic mass is 16.5. The molecule has 0 bridgehead atoms. The van der Waals surface area contributed by atoms with Crippen LogP contribution >= 0.6 is 0 Å². The standard InChI is InChI=1S/C19H24N4O3/c1-19(2,3)13-6-8-14(9-7-13)26-11-10-21-16-15(12-20)17(24)23(5)18(25)22(16)4/h6-9,21H,10-11H2,1-5H3. The van der Waals surface area contributed by atoms with Crippen LogP contribution in [0.25, 0.3) is 0 Å². The number of nitrogens with one attached hydrogen (secondary N) is 1. The van der Waals surface area contributed by atoms with E-state index in [4.69, 9.17) is 4.74 Å². The maximum atomic E-state index is 12.0. The molecular weight excluding hydrogens is 332 g/mol. The first-order valence-corrected chi connectivity index (χ1v) is 8.34. The van der Waals surface area contributed by atoms with Crippen LogP contribution in [0.5, 0.6) is 5.75 Å². The van der Waals surface area contributed by atoms with Crippen molar-refractivity contribution in [1.82, 2.24) is 9.13 Å². The van der Waals surface area contributed by atoms with Crippen LogP contribution in [0.3, 0.4) is 0 Å². The van der Waals surface area contributed by atoms with E-state index in [9.17, 15) is 14.9 Å². The second-order valence-electron chi connectivity index (χ2n) is 7.09. The van der Waals surface area contributed by atoms with Gasteiger partial charge in [0.2, 0.25) is 0 Å². The minimum Gasteiger partial charge on any atom is -0.492 e. The molecule has 26 heavy (non-hydrogen) atoms. The molecule has 0 spiro atoms. The van der Waals surface area contributed by atoms with Crippen LogP contribution in [0, 0.1) is 11.3 Å². The number of hydrogen-bond acceptors (Lipinski definition) is 5. The van der Waals surface area contributed by atoms with E-state index in [1.807, 2.05) is 30.3 Å². The highest BCUT2D eigenvalue weighted by Gasteiger charge is 2.15. The molecule has 0 unspecified atom stereocenters. The van der Waals surface area contributed by atoms with Gasteiger partial charge in [0.25, 0.3) is 5.56 Å².